The molecule has 1 aromatic carbocycles. The largest absolute Gasteiger partial charge is 0.317 e. The van der Waals surface area contributed by atoms with Crippen LogP contribution < -0.4 is 10.8 Å². The fourth-order valence-corrected chi connectivity index (χ4v) is 3.65. The normalized spacial score (nSPS) is 28.1. The second-order valence-electron chi connectivity index (χ2n) is 6.80. The Bertz CT molecular complexity index is 560. The first-order valence-electron chi connectivity index (χ1n) is 8.14. The van der Waals surface area contributed by atoms with Gasteiger partial charge in [-0.1, -0.05) is 29.8 Å². The van der Waals surface area contributed by atoms with E-state index in [2.05, 4.69) is 29.5 Å². The summed E-state index contributed by atoms with van der Waals surface area (Å²) in [7, 11) is 0. The van der Waals surface area contributed by atoms with E-state index < -0.39 is 5.06 Å². The van der Waals surface area contributed by atoms with Gasteiger partial charge in [0.2, 0.25) is 0 Å². The van der Waals surface area contributed by atoms with Gasteiger partial charge in [0, 0.05) is 18.2 Å². The maximum Gasteiger partial charge on any atom is 0.274 e. The Morgan fingerprint density at radius 3 is 2.57 bits per heavy atom. The Morgan fingerprint density at radius 2 is 1.96 bits per heavy atom. The molecule has 1 unspecified atom stereocenters. The number of piperidine rings is 1. The number of amides is 1. The molecule has 2 aliphatic heterocycles. The van der Waals surface area contributed by atoms with E-state index in [1.165, 1.54) is 0 Å². The summed E-state index contributed by atoms with van der Waals surface area (Å²) in [5.74, 6) is -0.276. The van der Waals surface area contributed by atoms with Crippen LogP contribution in [0, 0.1) is 0 Å². The van der Waals surface area contributed by atoms with Crippen molar-refractivity contribution in [2.75, 3.05) is 19.6 Å². The molecule has 6 heteroatoms. The number of nitrogens with one attached hydrogen (secondary N) is 2. The summed E-state index contributed by atoms with van der Waals surface area (Å²) in [4.78, 5) is 20.1. The van der Waals surface area contributed by atoms with Crippen molar-refractivity contribution in [1.29, 1.82) is 0 Å². The number of benzene rings is 1. The molecule has 3 rings (SSSR count). The lowest BCUT2D eigenvalue weighted by molar-refractivity contribution is -0.216. The van der Waals surface area contributed by atoms with Crippen LogP contribution in [0.1, 0.15) is 37.0 Å². The van der Waals surface area contributed by atoms with Crippen LogP contribution in [0.5, 0.6) is 0 Å². The number of hydroxylamine groups is 1. The quantitative estimate of drug-likeness (QED) is 0.653. The highest BCUT2D eigenvalue weighted by atomic mass is 35.5. The number of likely N-dealkylation sites (tertiary alicyclic amines) is 1. The van der Waals surface area contributed by atoms with Crippen molar-refractivity contribution in [3.63, 3.8) is 0 Å². The molecule has 1 amide bonds. The molecule has 2 N–H and O–H groups in total. The molecular formula is C17H24ClN3O2. The van der Waals surface area contributed by atoms with Gasteiger partial charge in [0.15, 0.2) is 5.06 Å². The number of nitrogens with zero attached hydrogens (tertiary/aromatic N) is 1. The average molecular weight is 338 g/mol. The van der Waals surface area contributed by atoms with Gasteiger partial charge >= 0.3 is 0 Å². The van der Waals surface area contributed by atoms with Gasteiger partial charge in [-0.15, -0.1) is 0 Å². The van der Waals surface area contributed by atoms with Crippen molar-refractivity contribution in [2.24, 2.45) is 0 Å². The summed E-state index contributed by atoms with van der Waals surface area (Å²) >= 11 is 6.65. The van der Waals surface area contributed by atoms with Crippen LogP contribution in [0.3, 0.4) is 0 Å². The lowest BCUT2D eigenvalue weighted by atomic mass is 9.81. The molecule has 2 fully saturated rings. The molecule has 1 atom stereocenters. The highest BCUT2D eigenvalue weighted by Gasteiger charge is 2.62. The first kappa shape index (κ1) is 16.7. The Balaban J connectivity index is 1.59. The van der Waals surface area contributed by atoms with E-state index in [0.29, 0.717) is 18.2 Å². The van der Waals surface area contributed by atoms with Crippen molar-refractivity contribution < 1.29 is 9.63 Å². The number of hydrogen-bond donors (Lipinski definition) is 2. The Morgan fingerprint density at radius 1 is 1.30 bits per heavy atom. The van der Waals surface area contributed by atoms with E-state index in [4.69, 9.17) is 16.4 Å². The third-order valence-corrected chi connectivity index (χ3v) is 5.76. The summed E-state index contributed by atoms with van der Waals surface area (Å²) < 4.78 is 0. The highest BCUT2D eigenvalue weighted by Crippen LogP contribution is 2.47. The third-order valence-electron chi connectivity index (χ3n) is 5.10. The van der Waals surface area contributed by atoms with E-state index in [1.807, 2.05) is 18.2 Å². The number of hydrogen-bond acceptors (Lipinski definition) is 4. The molecule has 0 bridgehead atoms. The minimum atomic E-state index is -0.900. The van der Waals surface area contributed by atoms with E-state index >= 15 is 0 Å². The second-order valence-corrected chi connectivity index (χ2v) is 7.41. The highest BCUT2D eigenvalue weighted by molar-refractivity contribution is 6.24. The third kappa shape index (κ3) is 3.11. The van der Waals surface area contributed by atoms with Crippen LogP contribution in [0.4, 0.5) is 0 Å². The van der Waals surface area contributed by atoms with Crippen LogP contribution in [-0.2, 0) is 4.84 Å². The molecule has 2 saturated heterocycles. The maximum absolute atomic E-state index is 12.1. The van der Waals surface area contributed by atoms with Crippen LogP contribution in [0.25, 0.3) is 0 Å². The van der Waals surface area contributed by atoms with Crippen molar-refractivity contribution >= 4 is 17.5 Å². The minimum Gasteiger partial charge on any atom is -0.317 e. The molecular weight excluding hydrogens is 314 g/mol. The molecule has 0 saturated carbocycles. The van der Waals surface area contributed by atoms with Crippen molar-refractivity contribution in [1.82, 2.24) is 15.7 Å². The zero-order valence-electron chi connectivity index (χ0n) is 13.6. The predicted molar refractivity (Wildman–Crippen MR) is 90.3 cm³/mol. The van der Waals surface area contributed by atoms with E-state index in [0.717, 1.165) is 25.9 Å². The van der Waals surface area contributed by atoms with Gasteiger partial charge in [-0.25, -0.2) is 10.3 Å². The Kier molecular flexibility index (Phi) is 4.65. The van der Waals surface area contributed by atoms with Crippen LogP contribution >= 0.6 is 11.6 Å². The molecule has 2 aliphatic rings. The standard InChI is InChI=1S/C17H24ClN3O2/c1-16(2)17(18,12-21(16)14-8-10-19-11-9-14)23-20-15(22)13-6-4-3-5-7-13/h3-7,14,19H,8-12H2,1-2H3,(H,20,22). The van der Waals surface area contributed by atoms with Gasteiger partial charge < -0.3 is 5.32 Å². The molecule has 126 valence electrons. The van der Waals surface area contributed by atoms with Crippen LogP contribution in [0.2, 0.25) is 0 Å². The molecule has 0 aliphatic carbocycles. The maximum atomic E-state index is 12.1. The van der Waals surface area contributed by atoms with Gasteiger partial charge in [0.25, 0.3) is 5.91 Å². The monoisotopic (exact) mass is 337 g/mol. The second kappa shape index (κ2) is 6.40. The first-order chi connectivity index (χ1) is 10.9. The summed E-state index contributed by atoms with van der Waals surface area (Å²) in [6, 6.07) is 9.51. The number of carbonyl (C=O) groups excluding carboxylic acids is 1. The number of carbonyl (C=O) groups is 1. The number of halogens is 1. The fourth-order valence-electron chi connectivity index (χ4n) is 3.37. The lowest BCUT2D eigenvalue weighted by Gasteiger charge is -2.62. The molecule has 2 heterocycles. The van der Waals surface area contributed by atoms with Crippen molar-refractivity contribution in [3.8, 4) is 0 Å². The van der Waals surface area contributed by atoms with Gasteiger partial charge in [0.1, 0.15) is 0 Å². The Labute approximate surface area is 142 Å². The van der Waals surface area contributed by atoms with E-state index in [-0.39, 0.29) is 11.4 Å². The first-order valence-corrected chi connectivity index (χ1v) is 8.52. The molecule has 23 heavy (non-hydrogen) atoms. The van der Waals surface area contributed by atoms with Crippen molar-refractivity contribution in [2.45, 2.75) is 43.3 Å². The molecule has 0 radical (unpaired) electrons. The zero-order valence-corrected chi connectivity index (χ0v) is 14.4. The number of rotatable bonds is 4. The van der Waals surface area contributed by atoms with Gasteiger partial charge in [0.05, 0.1) is 5.54 Å². The topological polar surface area (TPSA) is 53.6 Å². The summed E-state index contributed by atoms with van der Waals surface area (Å²) in [6.07, 6.45) is 2.24. The smallest absolute Gasteiger partial charge is 0.274 e. The number of alkyl halides is 1. The molecule has 0 spiro atoms. The zero-order chi connectivity index (χ0) is 16.5. The van der Waals surface area contributed by atoms with Gasteiger partial charge in [-0.05, 0) is 51.9 Å². The summed E-state index contributed by atoms with van der Waals surface area (Å²) in [6.45, 7) is 6.83. The minimum absolute atomic E-state index is 0.276. The molecule has 5 nitrogen and oxygen atoms in total. The van der Waals surface area contributed by atoms with Gasteiger partial charge in [-0.2, -0.15) is 0 Å². The average Bonchev–Trinajstić information content (AvgIpc) is 2.59. The van der Waals surface area contributed by atoms with Crippen molar-refractivity contribution in [3.05, 3.63) is 35.9 Å². The predicted octanol–water partition coefficient (Wildman–Crippen LogP) is 2.13. The molecule has 1 aromatic rings. The van der Waals surface area contributed by atoms with E-state index in [1.54, 1.807) is 12.1 Å². The molecule has 0 aromatic heterocycles. The lowest BCUT2D eigenvalue weighted by Crippen LogP contribution is -2.78. The van der Waals surface area contributed by atoms with Gasteiger partial charge in [-0.3, -0.25) is 9.69 Å². The SMILES string of the molecule is CC1(C)N(C2CCNCC2)CC1(Cl)ONC(=O)c1ccccc1. The van der Waals surface area contributed by atoms with E-state index in [9.17, 15) is 4.79 Å². The summed E-state index contributed by atoms with van der Waals surface area (Å²) in [5.41, 5.74) is 2.73. The van der Waals surface area contributed by atoms with Crippen LogP contribution in [0.15, 0.2) is 30.3 Å². The van der Waals surface area contributed by atoms with Crippen LogP contribution in [-0.4, -0.2) is 47.1 Å². The fraction of sp³-hybridized carbons (Fsp3) is 0.588. The Hall–Kier alpha value is -1.14. The summed E-state index contributed by atoms with van der Waals surface area (Å²) in [5, 5.41) is 2.48.